The van der Waals surface area contributed by atoms with Crippen molar-refractivity contribution in [2.24, 2.45) is 7.05 Å². The van der Waals surface area contributed by atoms with Gasteiger partial charge in [0.25, 0.3) is 0 Å². The van der Waals surface area contributed by atoms with Crippen LogP contribution in [0.1, 0.15) is 5.56 Å². The van der Waals surface area contributed by atoms with Crippen molar-refractivity contribution in [3.63, 3.8) is 0 Å². The predicted octanol–water partition coefficient (Wildman–Crippen LogP) is 2.50. The van der Waals surface area contributed by atoms with Crippen molar-refractivity contribution >= 4 is 10.9 Å². The van der Waals surface area contributed by atoms with Crippen LogP contribution < -0.4 is 4.74 Å². The topological polar surface area (TPSA) is 14.2 Å². The molecule has 1 aromatic carbocycles. The molecule has 0 saturated heterocycles. The van der Waals surface area contributed by atoms with Crippen molar-refractivity contribution in [2.75, 3.05) is 7.11 Å². The van der Waals surface area contributed by atoms with Gasteiger partial charge in [-0.25, -0.2) is 0 Å². The minimum atomic E-state index is 0.954. The summed E-state index contributed by atoms with van der Waals surface area (Å²) in [6.07, 6.45) is 2.12. The molecule has 0 unspecified atom stereocenters. The number of hydrogen-bond donors (Lipinski definition) is 0. The number of ether oxygens (including phenoxy) is 1. The molecule has 2 rings (SSSR count). The van der Waals surface area contributed by atoms with Gasteiger partial charge in [-0.3, -0.25) is 0 Å². The Labute approximate surface area is 77.7 Å². The minimum Gasteiger partial charge on any atom is -0.496 e. The SMILES string of the molecule is COc1cccc2c1c(C)cn2C. The molecule has 13 heavy (non-hydrogen) atoms. The van der Waals surface area contributed by atoms with Gasteiger partial charge in [0.05, 0.1) is 12.6 Å². The molecular formula is C11H13NO. The van der Waals surface area contributed by atoms with Gasteiger partial charge in [0.1, 0.15) is 5.75 Å². The summed E-state index contributed by atoms with van der Waals surface area (Å²) in [5, 5.41) is 1.22. The maximum absolute atomic E-state index is 5.31. The number of benzene rings is 1. The first-order valence-corrected chi connectivity index (χ1v) is 4.32. The molecule has 0 aliphatic carbocycles. The fraction of sp³-hybridized carbons (Fsp3) is 0.273. The molecule has 2 aromatic rings. The fourth-order valence-corrected chi connectivity index (χ4v) is 1.80. The van der Waals surface area contributed by atoms with Gasteiger partial charge in [0.2, 0.25) is 0 Å². The lowest BCUT2D eigenvalue weighted by molar-refractivity contribution is 0.419. The van der Waals surface area contributed by atoms with E-state index in [2.05, 4.69) is 30.8 Å². The van der Waals surface area contributed by atoms with Crippen molar-refractivity contribution < 1.29 is 4.74 Å². The van der Waals surface area contributed by atoms with Crippen molar-refractivity contribution in [1.82, 2.24) is 4.57 Å². The lowest BCUT2D eigenvalue weighted by atomic mass is 10.2. The number of nitrogens with zero attached hydrogens (tertiary/aromatic N) is 1. The standard InChI is InChI=1S/C11H13NO/c1-8-7-12(2)9-5-4-6-10(13-3)11(8)9/h4-7H,1-3H3. The van der Waals surface area contributed by atoms with Crippen molar-refractivity contribution in [3.8, 4) is 5.75 Å². The van der Waals surface area contributed by atoms with E-state index >= 15 is 0 Å². The fourth-order valence-electron chi connectivity index (χ4n) is 1.80. The number of aryl methyl sites for hydroxylation is 2. The molecule has 0 saturated carbocycles. The van der Waals surface area contributed by atoms with E-state index in [-0.39, 0.29) is 0 Å². The lowest BCUT2D eigenvalue weighted by Gasteiger charge is -2.02. The van der Waals surface area contributed by atoms with Gasteiger partial charge in [-0.2, -0.15) is 0 Å². The van der Waals surface area contributed by atoms with Gasteiger partial charge < -0.3 is 9.30 Å². The summed E-state index contributed by atoms with van der Waals surface area (Å²) >= 11 is 0. The molecular weight excluding hydrogens is 162 g/mol. The average molecular weight is 175 g/mol. The van der Waals surface area contributed by atoms with Gasteiger partial charge in [-0.15, -0.1) is 0 Å². The molecule has 2 heteroatoms. The van der Waals surface area contributed by atoms with Crippen LogP contribution in [0.3, 0.4) is 0 Å². The predicted molar refractivity (Wildman–Crippen MR) is 54.2 cm³/mol. The van der Waals surface area contributed by atoms with E-state index in [4.69, 9.17) is 4.74 Å². The Morgan fingerprint density at radius 1 is 1.31 bits per heavy atom. The smallest absolute Gasteiger partial charge is 0.128 e. The van der Waals surface area contributed by atoms with Gasteiger partial charge in [-0.05, 0) is 24.6 Å². The molecule has 0 fully saturated rings. The second-order valence-corrected chi connectivity index (χ2v) is 3.28. The largest absolute Gasteiger partial charge is 0.496 e. The Morgan fingerprint density at radius 2 is 2.08 bits per heavy atom. The highest BCUT2D eigenvalue weighted by molar-refractivity contribution is 5.89. The summed E-state index contributed by atoms with van der Waals surface area (Å²) in [7, 11) is 3.76. The Bertz CT molecular complexity index is 443. The van der Waals surface area contributed by atoms with Crippen LogP contribution in [0.4, 0.5) is 0 Å². The van der Waals surface area contributed by atoms with Gasteiger partial charge in [-0.1, -0.05) is 6.07 Å². The van der Waals surface area contributed by atoms with Crippen LogP contribution >= 0.6 is 0 Å². The molecule has 0 radical (unpaired) electrons. The van der Waals surface area contributed by atoms with Crippen LogP contribution in [0.5, 0.6) is 5.75 Å². The van der Waals surface area contributed by atoms with Crippen molar-refractivity contribution in [1.29, 1.82) is 0 Å². The monoisotopic (exact) mass is 175 g/mol. The number of fused-ring (bicyclic) bond motifs is 1. The zero-order valence-electron chi connectivity index (χ0n) is 8.16. The second-order valence-electron chi connectivity index (χ2n) is 3.28. The average Bonchev–Trinajstić information content (AvgIpc) is 2.43. The third-order valence-corrected chi connectivity index (χ3v) is 2.39. The molecule has 1 heterocycles. The van der Waals surface area contributed by atoms with Gasteiger partial charge >= 0.3 is 0 Å². The number of rotatable bonds is 1. The zero-order valence-corrected chi connectivity index (χ0v) is 8.16. The van der Waals surface area contributed by atoms with Crippen LogP contribution in [0, 0.1) is 6.92 Å². The van der Waals surface area contributed by atoms with Crippen molar-refractivity contribution in [2.45, 2.75) is 6.92 Å². The first-order valence-electron chi connectivity index (χ1n) is 4.32. The zero-order chi connectivity index (χ0) is 9.42. The Balaban J connectivity index is 2.88. The second kappa shape index (κ2) is 2.80. The third kappa shape index (κ3) is 1.10. The molecule has 0 aliphatic heterocycles. The Kier molecular flexibility index (Phi) is 1.76. The Morgan fingerprint density at radius 3 is 2.77 bits per heavy atom. The first kappa shape index (κ1) is 8.17. The summed E-state index contributed by atoms with van der Waals surface area (Å²) in [6.45, 7) is 2.10. The highest BCUT2D eigenvalue weighted by Crippen LogP contribution is 2.29. The van der Waals surface area contributed by atoms with Crippen LogP contribution in [0.25, 0.3) is 10.9 Å². The van der Waals surface area contributed by atoms with E-state index in [9.17, 15) is 0 Å². The normalized spacial score (nSPS) is 10.7. The maximum Gasteiger partial charge on any atom is 0.128 e. The van der Waals surface area contributed by atoms with Crippen LogP contribution in [-0.4, -0.2) is 11.7 Å². The minimum absolute atomic E-state index is 0.954. The van der Waals surface area contributed by atoms with Crippen molar-refractivity contribution in [3.05, 3.63) is 30.0 Å². The number of methoxy groups -OCH3 is 1. The number of aromatic nitrogens is 1. The molecule has 0 bridgehead atoms. The van der Waals surface area contributed by atoms with E-state index < -0.39 is 0 Å². The van der Waals surface area contributed by atoms with E-state index in [1.54, 1.807) is 7.11 Å². The lowest BCUT2D eigenvalue weighted by Crippen LogP contribution is -1.86. The molecule has 0 aliphatic rings. The van der Waals surface area contributed by atoms with E-state index in [0.29, 0.717) is 0 Å². The molecule has 0 amide bonds. The Hall–Kier alpha value is -1.44. The van der Waals surface area contributed by atoms with Crippen LogP contribution in [0.2, 0.25) is 0 Å². The molecule has 1 aromatic heterocycles. The molecule has 0 atom stereocenters. The van der Waals surface area contributed by atoms with E-state index in [0.717, 1.165) is 5.75 Å². The van der Waals surface area contributed by atoms with E-state index in [1.165, 1.54) is 16.5 Å². The van der Waals surface area contributed by atoms with Crippen LogP contribution in [0.15, 0.2) is 24.4 Å². The summed E-state index contributed by atoms with van der Waals surface area (Å²) in [5.74, 6) is 0.954. The molecule has 0 N–H and O–H groups in total. The maximum atomic E-state index is 5.31. The first-order chi connectivity index (χ1) is 6.24. The highest BCUT2D eigenvalue weighted by Gasteiger charge is 2.06. The van der Waals surface area contributed by atoms with E-state index in [1.807, 2.05) is 12.1 Å². The summed E-state index contributed by atoms with van der Waals surface area (Å²) in [5.41, 5.74) is 2.48. The van der Waals surface area contributed by atoms with Gasteiger partial charge in [0, 0.05) is 18.6 Å². The molecule has 2 nitrogen and oxygen atoms in total. The molecule has 0 spiro atoms. The number of hydrogen-bond acceptors (Lipinski definition) is 1. The third-order valence-electron chi connectivity index (χ3n) is 2.39. The summed E-state index contributed by atoms with van der Waals surface area (Å²) in [4.78, 5) is 0. The summed E-state index contributed by atoms with van der Waals surface area (Å²) < 4.78 is 7.43. The quantitative estimate of drug-likeness (QED) is 0.649. The molecule has 68 valence electrons. The van der Waals surface area contributed by atoms with Gasteiger partial charge in [0.15, 0.2) is 0 Å². The van der Waals surface area contributed by atoms with Crippen LogP contribution in [-0.2, 0) is 7.05 Å². The highest BCUT2D eigenvalue weighted by atomic mass is 16.5. The summed E-state index contributed by atoms with van der Waals surface area (Å²) in [6, 6.07) is 6.11.